The highest BCUT2D eigenvalue weighted by molar-refractivity contribution is 9.10. The van der Waals surface area contributed by atoms with Crippen LogP contribution in [0.2, 0.25) is 0 Å². The summed E-state index contributed by atoms with van der Waals surface area (Å²) in [7, 11) is 1.63. The summed E-state index contributed by atoms with van der Waals surface area (Å²) in [6, 6.07) is 3.68. The lowest BCUT2D eigenvalue weighted by Crippen LogP contribution is -2.06. The summed E-state index contributed by atoms with van der Waals surface area (Å²) in [5, 5.41) is 0. The van der Waals surface area contributed by atoms with Crippen LogP contribution in [0, 0.1) is 0 Å². The Hall–Kier alpha value is -1.07. The maximum absolute atomic E-state index is 5.77. The number of benzene rings is 1. The number of nitrogens with one attached hydrogen (secondary N) is 1. The molecular weight excluding hydrogens is 258 g/mol. The first-order valence-electron chi connectivity index (χ1n) is 4.61. The second kappa shape index (κ2) is 3.83. The summed E-state index contributed by atoms with van der Waals surface area (Å²) in [4.78, 5) is 7.58. The normalized spacial score (nSPS) is 13.1. The second-order valence-electron chi connectivity index (χ2n) is 3.38. The lowest BCUT2D eigenvalue weighted by molar-refractivity contribution is 0.419. The van der Waals surface area contributed by atoms with E-state index in [9.17, 15) is 0 Å². The summed E-state index contributed by atoms with van der Waals surface area (Å²) < 4.78 is 6.17. The zero-order valence-corrected chi connectivity index (χ0v) is 10.1. The van der Waals surface area contributed by atoms with E-state index in [-0.39, 0.29) is 6.04 Å². The van der Waals surface area contributed by atoms with Crippen LogP contribution in [0.25, 0.3) is 11.0 Å². The molecule has 1 aromatic carbocycles. The molecule has 0 amide bonds. The zero-order chi connectivity index (χ0) is 11.0. The van der Waals surface area contributed by atoms with Crippen LogP contribution in [0.5, 0.6) is 5.75 Å². The van der Waals surface area contributed by atoms with E-state index < -0.39 is 0 Å². The van der Waals surface area contributed by atoms with Gasteiger partial charge in [0.2, 0.25) is 0 Å². The number of methoxy groups -OCH3 is 1. The van der Waals surface area contributed by atoms with Crippen molar-refractivity contribution in [2.45, 2.75) is 13.0 Å². The third kappa shape index (κ3) is 1.72. The van der Waals surface area contributed by atoms with Crippen LogP contribution in [-0.4, -0.2) is 17.1 Å². The number of ether oxygens (including phenoxy) is 1. The summed E-state index contributed by atoms with van der Waals surface area (Å²) in [6.07, 6.45) is 0. The van der Waals surface area contributed by atoms with Gasteiger partial charge in [-0.15, -0.1) is 0 Å². The molecule has 0 bridgehead atoms. The molecule has 0 aliphatic carbocycles. The molecule has 0 spiro atoms. The number of nitrogens with two attached hydrogens (primary N) is 1. The molecule has 0 saturated carbocycles. The maximum Gasteiger partial charge on any atom is 0.144 e. The minimum absolute atomic E-state index is 0.117. The Balaban J connectivity index is 2.72. The van der Waals surface area contributed by atoms with Crippen molar-refractivity contribution < 1.29 is 4.74 Å². The van der Waals surface area contributed by atoms with Gasteiger partial charge in [0.25, 0.3) is 0 Å². The molecule has 1 aromatic heterocycles. The molecule has 0 unspecified atom stereocenters. The molecule has 1 atom stereocenters. The van der Waals surface area contributed by atoms with E-state index in [1.807, 2.05) is 19.1 Å². The Labute approximate surface area is 96.0 Å². The Kier molecular flexibility index (Phi) is 2.67. The number of halogens is 1. The molecule has 0 aliphatic heterocycles. The van der Waals surface area contributed by atoms with Gasteiger partial charge in [-0.2, -0.15) is 0 Å². The van der Waals surface area contributed by atoms with Gasteiger partial charge >= 0.3 is 0 Å². The van der Waals surface area contributed by atoms with E-state index in [0.717, 1.165) is 27.1 Å². The molecule has 2 rings (SSSR count). The van der Waals surface area contributed by atoms with Gasteiger partial charge in [0.05, 0.1) is 13.2 Å². The predicted molar refractivity (Wildman–Crippen MR) is 62.9 cm³/mol. The van der Waals surface area contributed by atoms with Crippen molar-refractivity contribution in [2.24, 2.45) is 5.73 Å². The van der Waals surface area contributed by atoms with E-state index in [1.54, 1.807) is 7.11 Å². The molecule has 2 aromatic rings. The number of fused-ring (bicyclic) bond motifs is 1. The summed E-state index contributed by atoms with van der Waals surface area (Å²) in [6.45, 7) is 1.89. The predicted octanol–water partition coefficient (Wildman–Crippen LogP) is 2.35. The Morgan fingerprint density at radius 1 is 1.53 bits per heavy atom. The third-order valence-electron chi connectivity index (χ3n) is 2.23. The molecule has 0 aliphatic rings. The first-order chi connectivity index (χ1) is 7.13. The van der Waals surface area contributed by atoms with E-state index in [4.69, 9.17) is 10.5 Å². The van der Waals surface area contributed by atoms with Crippen molar-refractivity contribution in [3.8, 4) is 5.75 Å². The SMILES string of the molecule is COc1ccc(Br)c2nc([C@H](C)N)[nH]c12. The van der Waals surface area contributed by atoms with Gasteiger partial charge in [-0.25, -0.2) is 4.98 Å². The van der Waals surface area contributed by atoms with Crippen molar-refractivity contribution in [3.05, 3.63) is 22.4 Å². The number of rotatable bonds is 2. The molecular formula is C10H12BrN3O. The monoisotopic (exact) mass is 269 g/mol. The van der Waals surface area contributed by atoms with Crippen LogP contribution in [-0.2, 0) is 0 Å². The number of H-pyrrole nitrogens is 1. The lowest BCUT2D eigenvalue weighted by atomic mass is 10.3. The number of aromatic amines is 1. The van der Waals surface area contributed by atoms with Crippen molar-refractivity contribution in [2.75, 3.05) is 7.11 Å². The van der Waals surface area contributed by atoms with Gasteiger partial charge < -0.3 is 15.5 Å². The highest BCUT2D eigenvalue weighted by Gasteiger charge is 2.12. The van der Waals surface area contributed by atoms with Gasteiger partial charge in [0.1, 0.15) is 22.6 Å². The quantitative estimate of drug-likeness (QED) is 0.880. The Morgan fingerprint density at radius 3 is 2.87 bits per heavy atom. The minimum Gasteiger partial charge on any atom is -0.494 e. The lowest BCUT2D eigenvalue weighted by Gasteiger charge is -2.01. The van der Waals surface area contributed by atoms with Crippen LogP contribution >= 0.6 is 15.9 Å². The smallest absolute Gasteiger partial charge is 0.144 e. The summed E-state index contributed by atoms with van der Waals surface area (Å²) in [5.41, 5.74) is 7.49. The zero-order valence-electron chi connectivity index (χ0n) is 8.54. The molecule has 0 saturated heterocycles. The van der Waals surface area contributed by atoms with Gasteiger partial charge in [-0.3, -0.25) is 0 Å². The van der Waals surface area contributed by atoms with Crippen molar-refractivity contribution in [1.82, 2.24) is 9.97 Å². The molecule has 80 valence electrons. The average Bonchev–Trinajstić information content (AvgIpc) is 2.64. The number of imidazole rings is 1. The van der Waals surface area contributed by atoms with Gasteiger partial charge in [-0.05, 0) is 35.0 Å². The molecule has 4 nitrogen and oxygen atoms in total. The summed E-state index contributed by atoms with van der Waals surface area (Å²) >= 11 is 3.44. The van der Waals surface area contributed by atoms with Crippen LogP contribution in [0.1, 0.15) is 18.8 Å². The van der Waals surface area contributed by atoms with E-state index in [0.29, 0.717) is 0 Å². The topological polar surface area (TPSA) is 63.9 Å². The third-order valence-corrected chi connectivity index (χ3v) is 2.87. The molecule has 5 heteroatoms. The first kappa shape index (κ1) is 10.4. The van der Waals surface area contributed by atoms with Crippen molar-refractivity contribution in [3.63, 3.8) is 0 Å². The Morgan fingerprint density at radius 2 is 2.27 bits per heavy atom. The number of hydrogen-bond acceptors (Lipinski definition) is 3. The van der Waals surface area contributed by atoms with Crippen LogP contribution in [0.15, 0.2) is 16.6 Å². The average molecular weight is 270 g/mol. The highest BCUT2D eigenvalue weighted by atomic mass is 79.9. The van der Waals surface area contributed by atoms with Crippen LogP contribution in [0.4, 0.5) is 0 Å². The van der Waals surface area contributed by atoms with Crippen molar-refractivity contribution in [1.29, 1.82) is 0 Å². The van der Waals surface area contributed by atoms with Crippen molar-refractivity contribution >= 4 is 27.0 Å². The first-order valence-corrected chi connectivity index (χ1v) is 5.40. The number of hydrogen-bond donors (Lipinski definition) is 2. The maximum atomic E-state index is 5.77. The van der Waals surface area contributed by atoms with Crippen LogP contribution < -0.4 is 10.5 Å². The van der Waals surface area contributed by atoms with E-state index >= 15 is 0 Å². The molecule has 1 heterocycles. The summed E-state index contributed by atoms with van der Waals surface area (Å²) in [5.74, 6) is 1.53. The van der Waals surface area contributed by atoms with Gasteiger partial charge in [0, 0.05) is 4.47 Å². The van der Waals surface area contributed by atoms with E-state index in [1.165, 1.54) is 0 Å². The largest absolute Gasteiger partial charge is 0.494 e. The fourth-order valence-electron chi connectivity index (χ4n) is 1.44. The van der Waals surface area contributed by atoms with E-state index in [2.05, 4.69) is 25.9 Å². The minimum atomic E-state index is -0.117. The number of nitrogens with zero attached hydrogens (tertiary/aromatic N) is 1. The molecule has 0 fully saturated rings. The molecule has 3 N–H and O–H groups in total. The standard InChI is InChI=1S/C10H12BrN3O/c1-5(12)10-13-8-6(11)3-4-7(15-2)9(8)14-10/h3-5H,12H2,1-2H3,(H,13,14)/t5-/m0/s1. The van der Waals surface area contributed by atoms with Crippen LogP contribution in [0.3, 0.4) is 0 Å². The second-order valence-corrected chi connectivity index (χ2v) is 4.24. The molecule has 0 radical (unpaired) electrons. The fourth-order valence-corrected chi connectivity index (χ4v) is 1.86. The Bertz CT molecular complexity index is 493. The van der Waals surface area contributed by atoms with Gasteiger partial charge in [-0.1, -0.05) is 0 Å². The van der Waals surface area contributed by atoms with Gasteiger partial charge in [0.15, 0.2) is 0 Å². The fraction of sp³-hybridized carbons (Fsp3) is 0.300. The highest BCUT2D eigenvalue weighted by Crippen LogP contribution is 2.30. The number of aromatic nitrogens is 2. The molecule has 15 heavy (non-hydrogen) atoms.